The molecule has 1 nitrogen and oxygen atoms in total. The third-order valence-corrected chi connectivity index (χ3v) is 73.2. The van der Waals surface area contributed by atoms with E-state index in [2.05, 4.69) is 82.3 Å². The van der Waals surface area contributed by atoms with Crippen molar-refractivity contribution in [1.82, 2.24) is 0 Å². The Labute approximate surface area is 297 Å². The zero-order valence-corrected chi connectivity index (χ0v) is 40.7. The van der Waals surface area contributed by atoms with Gasteiger partial charge in [-0.05, 0) is 0 Å². The molecule has 0 aromatic rings. The van der Waals surface area contributed by atoms with Gasteiger partial charge in [0.2, 0.25) is 0 Å². The van der Waals surface area contributed by atoms with E-state index in [1.807, 2.05) is 0 Å². The van der Waals surface area contributed by atoms with Crippen LogP contribution in [-0.4, -0.2) is 51.2 Å². The fourth-order valence-corrected chi connectivity index (χ4v) is 87.6. The first-order valence-corrected chi connectivity index (χ1v) is 39.4. The van der Waals surface area contributed by atoms with Gasteiger partial charge in [-0.15, -0.1) is 0 Å². The second-order valence-corrected chi connectivity index (χ2v) is 54.7. The molecule has 4 heteroatoms. The second-order valence-electron chi connectivity index (χ2n) is 17.2. The monoisotopic (exact) mass is 866 g/mol. The molecule has 0 bridgehead atoms. The van der Waals surface area contributed by atoms with Crippen LogP contribution in [0.1, 0.15) is 198 Å². The average molecular weight is 865 g/mol. The van der Waals surface area contributed by atoms with Gasteiger partial charge in [0.05, 0.1) is 0 Å². The zero-order chi connectivity index (χ0) is 34.2. The van der Waals surface area contributed by atoms with Crippen LogP contribution >= 0.6 is 0 Å². The molecule has 0 fully saturated rings. The molecule has 0 radical (unpaired) electrons. The van der Waals surface area contributed by atoms with E-state index in [0.29, 0.717) is 11.1 Å². The summed E-state index contributed by atoms with van der Waals surface area (Å²) in [5.41, 5.74) is 0. The standard InChI is InChI=1S/C17H36OSi.6C4H9.2Sn/c1-8-10-11-12-13-14-15-16(9-2)18-19(6,7)17(3,4)5;6*1-3-4-2;;/h2,16H,8-15H2,1,3-7H3;6*1,3-4H2,2H3;;. The quantitative estimate of drug-likeness (QED) is 0.0498. The van der Waals surface area contributed by atoms with E-state index in [1.165, 1.54) is 130 Å². The molecule has 1 unspecified atom stereocenters. The van der Waals surface area contributed by atoms with Crippen molar-refractivity contribution >= 4 is 45.1 Å². The topological polar surface area (TPSA) is 9.23 Å². The van der Waals surface area contributed by atoms with Crippen molar-refractivity contribution in [2.75, 3.05) is 0 Å². The van der Waals surface area contributed by atoms with Crippen LogP contribution in [0, 0.1) is 0 Å². The molecule has 45 heavy (non-hydrogen) atoms. The van der Waals surface area contributed by atoms with Crippen LogP contribution in [0.15, 0.2) is 0 Å². The van der Waals surface area contributed by atoms with E-state index in [1.54, 1.807) is 26.6 Å². The maximum atomic E-state index is 7.68. The predicted molar refractivity (Wildman–Crippen MR) is 218 cm³/mol. The number of rotatable bonds is 31. The minimum absolute atomic E-state index is 0.294. The molecule has 272 valence electrons. The van der Waals surface area contributed by atoms with Gasteiger partial charge in [0.15, 0.2) is 0 Å². The van der Waals surface area contributed by atoms with Gasteiger partial charge in [-0.3, -0.25) is 0 Å². The Morgan fingerprint density at radius 3 is 1.09 bits per heavy atom. The van der Waals surface area contributed by atoms with Gasteiger partial charge < -0.3 is 0 Å². The molecule has 0 saturated carbocycles. The van der Waals surface area contributed by atoms with Crippen molar-refractivity contribution in [2.45, 2.75) is 250 Å². The van der Waals surface area contributed by atoms with Crippen LogP contribution in [-0.2, 0) is 4.43 Å². The summed E-state index contributed by atoms with van der Waals surface area (Å²) < 4.78 is 19.2. The van der Waals surface area contributed by atoms with Crippen LogP contribution in [0.25, 0.3) is 0 Å². The van der Waals surface area contributed by atoms with Crippen LogP contribution in [0.2, 0.25) is 46.7 Å². The molecular weight excluding hydrogens is 774 g/mol. The summed E-state index contributed by atoms with van der Waals surface area (Å²) in [7, 11) is -1.84. The molecule has 0 aliphatic carbocycles. The van der Waals surface area contributed by atoms with E-state index in [-0.39, 0.29) is 0 Å². The van der Waals surface area contributed by atoms with E-state index in [0.717, 1.165) is 0 Å². The summed E-state index contributed by atoms with van der Waals surface area (Å²) in [5, 5.41) is 0.294. The molecule has 0 amide bonds. The first-order valence-electron chi connectivity index (χ1n) is 21.1. The Bertz CT molecular complexity index is 597. The van der Waals surface area contributed by atoms with Crippen molar-refractivity contribution in [3.63, 3.8) is 0 Å². The van der Waals surface area contributed by atoms with Crippen molar-refractivity contribution < 1.29 is 4.43 Å². The third-order valence-electron chi connectivity index (χ3n) is 12.3. The van der Waals surface area contributed by atoms with Crippen LogP contribution in [0.5, 0.6) is 0 Å². The second kappa shape index (κ2) is 26.6. The number of unbranched alkanes of at least 4 members (excludes halogenated alkanes) is 11. The van der Waals surface area contributed by atoms with Crippen LogP contribution < -0.4 is 0 Å². The van der Waals surface area contributed by atoms with Gasteiger partial charge in [-0.1, -0.05) is 0 Å². The fraction of sp³-hybridized carbons (Fsp3) is 1.00. The Kier molecular flexibility index (Phi) is 27.6. The van der Waals surface area contributed by atoms with E-state index < -0.39 is 45.1 Å². The molecule has 0 rings (SSSR count). The molecule has 0 spiro atoms. The number of hydrogen-bond donors (Lipinski definition) is 0. The van der Waals surface area contributed by atoms with E-state index in [4.69, 9.17) is 4.43 Å². The Balaban J connectivity index is 7.24. The first-order chi connectivity index (χ1) is 21.4. The molecule has 0 aliphatic heterocycles. The predicted octanol–water partition coefficient (Wildman–Crippen LogP) is 16.1. The fourth-order valence-electron chi connectivity index (χ4n) is 8.35. The summed E-state index contributed by atoms with van der Waals surface area (Å²) in [4.78, 5) is 0. The Hall–Kier alpha value is 1.77. The Morgan fingerprint density at radius 1 is 0.467 bits per heavy atom. The minimum atomic E-state index is -2.54. The molecule has 0 N–H and O–H groups in total. The molecule has 1 atom stereocenters. The van der Waals surface area contributed by atoms with E-state index in [9.17, 15) is 0 Å². The summed E-state index contributed by atoms with van der Waals surface area (Å²) in [6.07, 6.45) is 29.5. The van der Waals surface area contributed by atoms with Gasteiger partial charge in [0, 0.05) is 0 Å². The zero-order valence-electron chi connectivity index (χ0n) is 33.9. The first kappa shape index (κ1) is 46.8. The molecule has 0 aromatic heterocycles. The van der Waals surface area contributed by atoms with Crippen molar-refractivity contribution in [2.24, 2.45) is 0 Å². The molecule has 0 heterocycles. The Morgan fingerprint density at radius 2 is 0.778 bits per heavy atom. The molecule has 0 aliphatic rings. The molecular formula is C41H90OSiSn2. The van der Waals surface area contributed by atoms with Crippen molar-refractivity contribution in [1.29, 1.82) is 0 Å². The van der Waals surface area contributed by atoms with Crippen molar-refractivity contribution in [3.05, 3.63) is 0 Å². The SMILES string of the molecule is CCCCCCCCC(C[CH]([Sn]([CH2]CCC)([CH2]CCC)[CH2]CCC)[Sn]([CH2]CCC)([CH2]CCC)[CH2]CCC)O[Si](C)(C)C(C)(C)C. The van der Waals surface area contributed by atoms with Crippen LogP contribution in [0.4, 0.5) is 0 Å². The van der Waals surface area contributed by atoms with Gasteiger partial charge in [-0.2, -0.15) is 0 Å². The van der Waals surface area contributed by atoms with Gasteiger partial charge in [0.25, 0.3) is 0 Å². The summed E-state index contributed by atoms with van der Waals surface area (Å²) in [5.74, 6) is 0. The molecule has 0 saturated heterocycles. The third kappa shape index (κ3) is 18.0. The van der Waals surface area contributed by atoms with E-state index >= 15 is 0 Å². The molecule has 0 aromatic carbocycles. The van der Waals surface area contributed by atoms with Gasteiger partial charge in [-0.25, -0.2) is 0 Å². The summed E-state index contributed by atoms with van der Waals surface area (Å²) in [6.45, 7) is 29.9. The maximum absolute atomic E-state index is 7.68. The van der Waals surface area contributed by atoms with Gasteiger partial charge in [0.1, 0.15) is 0 Å². The van der Waals surface area contributed by atoms with Gasteiger partial charge >= 0.3 is 300 Å². The normalized spacial score (nSPS) is 14.1. The van der Waals surface area contributed by atoms with Crippen LogP contribution in [0.3, 0.4) is 0 Å². The summed E-state index contributed by atoms with van der Waals surface area (Å²) in [6, 6.07) is 0. The van der Waals surface area contributed by atoms with Crippen molar-refractivity contribution in [3.8, 4) is 0 Å². The average Bonchev–Trinajstić information content (AvgIpc) is 3.00. The summed E-state index contributed by atoms with van der Waals surface area (Å²) >= 11 is -5.09. The number of hydrogen-bond acceptors (Lipinski definition) is 1.